The Labute approximate surface area is 253 Å². The maximum atomic E-state index is 13.6. The zero-order valence-electron chi connectivity index (χ0n) is 24.3. The summed E-state index contributed by atoms with van der Waals surface area (Å²) in [6, 6.07) is 11.0. The van der Waals surface area contributed by atoms with E-state index in [1.807, 2.05) is 0 Å². The second-order valence-electron chi connectivity index (χ2n) is 10.3. The van der Waals surface area contributed by atoms with Crippen LogP contribution in [0.4, 0.5) is 23.4 Å². The molecule has 0 unspecified atom stereocenters. The molecule has 0 radical (unpaired) electrons. The maximum absolute atomic E-state index is 13.6. The molecule has 0 saturated heterocycles. The number of hydrogen-bond acceptors (Lipinski definition) is 9. The molecule has 0 fully saturated rings. The topological polar surface area (TPSA) is 144 Å². The van der Waals surface area contributed by atoms with Crippen molar-refractivity contribution in [3.63, 3.8) is 0 Å². The number of pyridine rings is 1. The molecule has 0 spiro atoms. The molecule has 15 heteroatoms. The molecule has 234 valence electrons. The summed E-state index contributed by atoms with van der Waals surface area (Å²) < 4.78 is 69.7. The number of halogens is 4. The summed E-state index contributed by atoms with van der Waals surface area (Å²) >= 11 is 0. The Morgan fingerprint density at radius 2 is 1.71 bits per heavy atom. The Morgan fingerprint density at radius 3 is 2.33 bits per heavy atom. The fraction of sp³-hybridized carbons (Fsp3) is 0.233. The summed E-state index contributed by atoms with van der Waals surface area (Å²) in [4.78, 5) is 34.9. The van der Waals surface area contributed by atoms with Crippen LogP contribution in [-0.4, -0.2) is 53.8 Å². The molecule has 3 aromatic heterocycles. The van der Waals surface area contributed by atoms with E-state index in [-0.39, 0.29) is 56.5 Å². The number of nitrogens with zero attached hydrogens (tertiary/aromatic N) is 3. The van der Waals surface area contributed by atoms with Crippen molar-refractivity contribution in [2.45, 2.75) is 25.6 Å². The van der Waals surface area contributed by atoms with Crippen molar-refractivity contribution >= 4 is 28.7 Å². The number of ether oxygens (including phenoxy) is 1. The van der Waals surface area contributed by atoms with Gasteiger partial charge in [-0.2, -0.15) is 23.1 Å². The van der Waals surface area contributed by atoms with Crippen molar-refractivity contribution in [3.8, 4) is 28.2 Å². The third-order valence-electron chi connectivity index (χ3n) is 6.80. The van der Waals surface area contributed by atoms with Crippen LogP contribution in [0.1, 0.15) is 40.4 Å². The van der Waals surface area contributed by atoms with E-state index >= 15 is 0 Å². The van der Waals surface area contributed by atoms with E-state index in [9.17, 15) is 27.2 Å². The highest BCUT2D eigenvalue weighted by atomic mass is 19.4. The highest BCUT2D eigenvalue weighted by Crippen LogP contribution is 2.39. The summed E-state index contributed by atoms with van der Waals surface area (Å²) in [6.45, 7) is 1.87. The van der Waals surface area contributed by atoms with Crippen LogP contribution in [0.3, 0.4) is 0 Å². The van der Waals surface area contributed by atoms with E-state index in [1.54, 1.807) is 13.8 Å². The van der Waals surface area contributed by atoms with Crippen LogP contribution in [0, 0.1) is 5.82 Å². The Bertz CT molecular complexity index is 1870. The predicted molar refractivity (Wildman–Crippen MR) is 154 cm³/mol. The number of nitrogens with one attached hydrogen (secondary N) is 3. The second kappa shape index (κ2) is 11.9. The Morgan fingerprint density at radius 1 is 1.00 bits per heavy atom. The molecular weight excluding hydrogens is 600 g/mol. The van der Waals surface area contributed by atoms with Gasteiger partial charge >= 0.3 is 6.18 Å². The number of carbonyl (C=O) groups is 2. The molecular formula is C30H26F4N6O5. The lowest BCUT2D eigenvalue weighted by Gasteiger charge is -2.23. The van der Waals surface area contributed by atoms with Crippen LogP contribution in [0.25, 0.3) is 33.6 Å². The summed E-state index contributed by atoms with van der Waals surface area (Å²) in [5.74, 6) is -1.51. The van der Waals surface area contributed by atoms with Gasteiger partial charge < -0.3 is 29.6 Å². The number of hydrogen-bond donors (Lipinski definition) is 3. The molecule has 45 heavy (non-hydrogen) atoms. The van der Waals surface area contributed by atoms with Crippen molar-refractivity contribution in [1.82, 2.24) is 25.8 Å². The quantitative estimate of drug-likeness (QED) is 0.176. The molecule has 0 aliphatic rings. The molecule has 0 atom stereocenters. The summed E-state index contributed by atoms with van der Waals surface area (Å²) in [7, 11) is 2.76. The molecule has 0 aliphatic heterocycles. The van der Waals surface area contributed by atoms with Crippen molar-refractivity contribution < 1.29 is 40.8 Å². The van der Waals surface area contributed by atoms with Gasteiger partial charge in [0, 0.05) is 18.2 Å². The van der Waals surface area contributed by atoms with E-state index in [0.29, 0.717) is 5.56 Å². The highest BCUT2D eigenvalue weighted by molar-refractivity contribution is 6.11. The lowest BCUT2D eigenvalue weighted by molar-refractivity contribution is -0.115. The minimum atomic E-state index is -4.60. The van der Waals surface area contributed by atoms with Crippen LogP contribution in [0.15, 0.2) is 63.9 Å². The number of benzene rings is 2. The van der Waals surface area contributed by atoms with Gasteiger partial charge in [0.15, 0.2) is 5.82 Å². The SMILES string of the molecule is CNC(=O)c1c(-c2ccc(F)cc2)oc2nc(NCC(F)(F)F)c(-c3ccc(OC)c(C(=O)NC(C)(C)c4ncon4)c3)cc12. The minimum Gasteiger partial charge on any atom is -0.496 e. The molecule has 0 aliphatic carbocycles. The van der Waals surface area contributed by atoms with Crippen LogP contribution in [0.2, 0.25) is 0 Å². The largest absolute Gasteiger partial charge is 0.496 e. The lowest BCUT2D eigenvalue weighted by atomic mass is 9.98. The van der Waals surface area contributed by atoms with Gasteiger partial charge in [0.2, 0.25) is 12.1 Å². The molecule has 3 heterocycles. The van der Waals surface area contributed by atoms with Crippen LogP contribution >= 0.6 is 0 Å². The molecule has 2 amide bonds. The van der Waals surface area contributed by atoms with Gasteiger partial charge in [-0.25, -0.2) is 4.39 Å². The summed E-state index contributed by atoms with van der Waals surface area (Å²) in [5, 5.41) is 11.6. The fourth-order valence-corrected chi connectivity index (χ4v) is 4.62. The number of methoxy groups -OCH3 is 1. The fourth-order valence-electron chi connectivity index (χ4n) is 4.62. The molecule has 0 bridgehead atoms. The maximum Gasteiger partial charge on any atom is 0.405 e. The van der Waals surface area contributed by atoms with Gasteiger partial charge in [-0.3, -0.25) is 9.59 Å². The Balaban J connectivity index is 1.68. The van der Waals surface area contributed by atoms with Crippen LogP contribution < -0.4 is 20.7 Å². The third kappa shape index (κ3) is 6.41. The van der Waals surface area contributed by atoms with Gasteiger partial charge in [-0.15, -0.1) is 0 Å². The Hall–Kier alpha value is -5.47. The van der Waals surface area contributed by atoms with Crippen molar-refractivity contribution in [2.24, 2.45) is 0 Å². The smallest absolute Gasteiger partial charge is 0.405 e. The molecule has 11 nitrogen and oxygen atoms in total. The normalized spacial score (nSPS) is 11.8. The molecule has 5 aromatic rings. The average molecular weight is 627 g/mol. The van der Waals surface area contributed by atoms with Gasteiger partial charge in [0.05, 0.1) is 29.2 Å². The minimum absolute atomic E-state index is 0.0311. The Kier molecular flexibility index (Phi) is 8.19. The van der Waals surface area contributed by atoms with Gasteiger partial charge in [0.25, 0.3) is 11.8 Å². The van der Waals surface area contributed by atoms with E-state index < -0.39 is 35.9 Å². The number of furan rings is 1. The molecule has 2 aromatic carbocycles. The standard InChI is InChI=1S/C30H26F4N6O5/c1-29(2,28-37-14-44-40-28)39-25(41)19-11-16(7-10-21(19)43-4)18-12-20-22(26(42)35-3)23(15-5-8-17(31)9-6-15)45-27(20)38-24(18)36-13-30(32,33)34/h5-12,14H,13H2,1-4H3,(H,35,42)(H,36,38)(H,39,41). The second-order valence-corrected chi connectivity index (χ2v) is 10.3. The number of amides is 2. The molecule has 3 N–H and O–H groups in total. The van der Waals surface area contributed by atoms with E-state index in [0.717, 1.165) is 6.39 Å². The summed E-state index contributed by atoms with van der Waals surface area (Å²) in [6.07, 6.45) is -3.48. The average Bonchev–Trinajstić information content (AvgIpc) is 3.68. The van der Waals surface area contributed by atoms with Crippen molar-refractivity contribution in [1.29, 1.82) is 0 Å². The van der Waals surface area contributed by atoms with E-state index in [1.165, 1.54) is 62.7 Å². The number of fused-ring (bicyclic) bond motifs is 1. The van der Waals surface area contributed by atoms with Gasteiger partial charge in [0.1, 0.15) is 29.7 Å². The predicted octanol–water partition coefficient (Wildman–Crippen LogP) is 5.69. The number of anilines is 1. The zero-order valence-corrected chi connectivity index (χ0v) is 24.3. The van der Waals surface area contributed by atoms with Crippen LogP contribution in [0.5, 0.6) is 5.75 Å². The number of aromatic nitrogens is 3. The zero-order chi connectivity index (χ0) is 32.5. The molecule has 0 saturated carbocycles. The number of rotatable bonds is 9. The first kappa shape index (κ1) is 31.0. The summed E-state index contributed by atoms with van der Waals surface area (Å²) in [5.41, 5.74) is -0.410. The van der Waals surface area contributed by atoms with E-state index in [2.05, 4.69) is 31.1 Å². The van der Waals surface area contributed by atoms with Gasteiger partial charge in [-0.1, -0.05) is 11.2 Å². The molecule has 5 rings (SSSR count). The van der Waals surface area contributed by atoms with Crippen LogP contribution in [-0.2, 0) is 5.54 Å². The van der Waals surface area contributed by atoms with Crippen molar-refractivity contribution in [2.75, 3.05) is 26.0 Å². The lowest BCUT2D eigenvalue weighted by Crippen LogP contribution is -2.42. The first-order valence-electron chi connectivity index (χ1n) is 13.3. The van der Waals surface area contributed by atoms with Crippen molar-refractivity contribution in [3.05, 3.63) is 77.7 Å². The first-order valence-corrected chi connectivity index (χ1v) is 13.3. The van der Waals surface area contributed by atoms with E-state index in [4.69, 9.17) is 13.7 Å². The highest BCUT2D eigenvalue weighted by Gasteiger charge is 2.31. The monoisotopic (exact) mass is 626 g/mol. The third-order valence-corrected chi connectivity index (χ3v) is 6.80. The number of alkyl halides is 3. The number of carbonyl (C=O) groups excluding carboxylic acids is 2. The van der Waals surface area contributed by atoms with Gasteiger partial charge in [-0.05, 0) is 61.9 Å². The first-order chi connectivity index (χ1) is 21.3.